The topological polar surface area (TPSA) is 137 Å². The summed E-state index contributed by atoms with van der Waals surface area (Å²) in [4.78, 5) is 4.02. The largest absolute Gasteiger partial charge is 0.508 e. The number of benzene rings is 4. The summed E-state index contributed by atoms with van der Waals surface area (Å²) in [7, 11) is 1.91. The number of aromatic hydroxyl groups is 1. The number of hydrogen-bond acceptors (Lipinski definition) is 8. The Bertz CT molecular complexity index is 1710. The third-order valence-corrected chi connectivity index (χ3v) is 9.97. The van der Waals surface area contributed by atoms with Crippen LogP contribution in [-0.4, -0.2) is 84.8 Å². The highest BCUT2D eigenvalue weighted by Gasteiger charge is 2.45. The van der Waals surface area contributed by atoms with E-state index >= 15 is 0 Å². The first-order valence-electron chi connectivity index (χ1n) is 15.9. The molecular weight excluding hydrogens is 635 g/mol. The lowest BCUT2D eigenvalue weighted by Gasteiger charge is -2.40. The summed E-state index contributed by atoms with van der Waals surface area (Å²) in [6.07, 6.45) is -6.13. The fraction of sp³-hybridized carbons (Fsp3) is 0.324. The molecule has 8 unspecified atom stereocenters. The average Bonchev–Trinajstić information content (AvgIpc) is 3.35. The van der Waals surface area contributed by atoms with Crippen LogP contribution in [0.1, 0.15) is 47.8 Å². The van der Waals surface area contributed by atoms with Crippen LogP contribution in [0.5, 0.6) is 5.75 Å². The van der Waals surface area contributed by atoms with Crippen molar-refractivity contribution in [2.45, 2.75) is 61.5 Å². The van der Waals surface area contributed by atoms with Gasteiger partial charge in [0, 0.05) is 18.3 Å². The van der Waals surface area contributed by atoms with Gasteiger partial charge in [-0.05, 0) is 77.6 Å². The molecule has 2 aliphatic rings. The molecule has 0 spiro atoms. The summed E-state index contributed by atoms with van der Waals surface area (Å²) >= 11 is 5.93. The zero-order chi connectivity index (χ0) is 34.1. The number of thiocarbonyl (C=S) groups is 1. The van der Waals surface area contributed by atoms with Crippen molar-refractivity contribution in [3.05, 3.63) is 120 Å². The minimum atomic E-state index is -1.47. The van der Waals surface area contributed by atoms with Gasteiger partial charge in [0.2, 0.25) is 0 Å². The van der Waals surface area contributed by atoms with Crippen molar-refractivity contribution < 1.29 is 39.8 Å². The predicted molar refractivity (Wildman–Crippen MR) is 183 cm³/mol. The molecule has 0 bridgehead atoms. The maximum absolute atomic E-state index is 13.5. The van der Waals surface area contributed by atoms with E-state index in [1.807, 2.05) is 59.3 Å². The van der Waals surface area contributed by atoms with E-state index in [1.165, 1.54) is 12.1 Å². The number of ether oxygens (including phenoxy) is 1. The second-order valence-electron chi connectivity index (χ2n) is 12.4. The molecule has 0 aliphatic carbocycles. The molecule has 2 saturated heterocycles. The van der Waals surface area contributed by atoms with E-state index in [1.54, 1.807) is 42.5 Å². The summed E-state index contributed by atoms with van der Waals surface area (Å²) in [6.45, 7) is -0.510. The molecule has 0 saturated carbocycles. The molecule has 0 amide bonds. The maximum Gasteiger partial charge on any atom is 0.176 e. The molecule has 2 fully saturated rings. The van der Waals surface area contributed by atoms with Gasteiger partial charge in [0.1, 0.15) is 42.1 Å². The van der Waals surface area contributed by atoms with Gasteiger partial charge in [-0.15, -0.1) is 0 Å². The van der Waals surface area contributed by atoms with Crippen molar-refractivity contribution in [2.24, 2.45) is 0 Å². The van der Waals surface area contributed by atoms with Crippen LogP contribution in [0.3, 0.4) is 0 Å². The normalized spacial score (nSPS) is 26.6. The number of aliphatic hydroxyl groups is 5. The summed E-state index contributed by atoms with van der Waals surface area (Å²) in [5.41, 5.74) is 4.23. The van der Waals surface area contributed by atoms with Gasteiger partial charge in [0.25, 0.3) is 0 Å². The van der Waals surface area contributed by atoms with E-state index in [2.05, 4.69) is 0 Å². The van der Waals surface area contributed by atoms with Crippen molar-refractivity contribution in [1.82, 2.24) is 4.90 Å². The van der Waals surface area contributed by atoms with E-state index in [9.17, 15) is 35.0 Å². The first kappa shape index (κ1) is 33.9. The molecular formula is C37H39FN2O7S. The van der Waals surface area contributed by atoms with Crippen LogP contribution in [0, 0.1) is 5.82 Å². The van der Waals surface area contributed by atoms with E-state index in [-0.39, 0.29) is 23.7 Å². The third kappa shape index (κ3) is 6.55. The Balaban J connectivity index is 1.27. The van der Waals surface area contributed by atoms with Gasteiger partial charge >= 0.3 is 0 Å². The Kier molecular flexibility index (Phi) is 10.1. The van der Waals surface area contributed by atoms with Crippen LogP contribution in [0.2, 0.25) is 0 Å². The second kappa shape index (κ2) is 14.3. The smallest absolute Gasteiger partial charge is 0.176 e. The Labute approximate surface area is 283 Å². The zero-order valence-electron chi connectivity index (χ0n) is 26.2. The molecule has 9 nitrogen and oxygen atoms in total. The molecule has 6 rings (SSSR count). The van der Waals surface area contributed by atoms with E-state index in [0.717, 1.165) is 16.8 Å². The summed E-state index contributed by atoms with van der Waals surface area (Å²) in [5, 5.41) is 63.5. The van der Waals surface area contributed by atoms with Crippen LogP contribution in [0.15, 0.2) is 97.1 Å². The number of phenolic OH excluding ortho intramolecular Hbond substituents is 1. The average molecular weight is 675 g/mol. The van der Waals surface area contributed by atoms with E-state index < -0.39 is 43.2 Å². The van der Waals surface area contributed by atoms with Crippen LogP contribution >= 0.6 is 12.2 Å². The number of aliphatic hydroxyl groups excluding tert-OH is 5. The number of hydrogen-bond donors (Lipinski definition) is 6. The first-order chi connectivity index (χ1) is 23.1. The molecule has 0 radical (unpaired) electrons. The summed E-state index contributed by atoms with van der Waals surface area (Å²) in [5.74, 6) is -0.298. The highest BCUT2D eigenvalue weighted by Crippen LogP contribution is 2.45. The molecule has 11 heteroatoms. The first-order valence-corrected chi connectivity index (χ1v) is 16.3. The molecule has 8 atom stereocenters. The standard InChI is InChI=1S/C37H39FN2O7S/c1-39-28(17-18-29(42)22-11-14-25(38)15-12-22)32(40(37(39)48)26-5-3-2-4-6-26)27-16-13-24(19-30(27)43)21-7-9-23(10-8-21)36-35(46)34(45)33(44)31(20-41)47-36/h2-16,19,28-29,31-36,41-46H,17-18,20H2,1H3. The number of nitrogens with zero attached hydrogens (tertiary/aromatic N) is 2. The lowest BCUT2D eigenvalue weighted by atomic mass is 9.89. The van der Waals surface area contributed by atoms with Crippen molar-refractivity contribution in [1.29, 1.82) is 0 Å². The third-order valence-electron chi connectivity index (χ3n) is 9.49. The minimum absolute atomic E-state index is 0.0682. The zero-order valence-corrected chi connectivity index (χ0v) is 27.1. The highest BCUT2D eigenvalue weighted by atomic mass is 32.1. The molecule has 0 aromatic heterocycles. The number of rotatable bonds is 9. The van der Waals surface area contributed by atoms with Crippen molar-refractivity contribution >= 4 is 23.0 Å². The van der Waals surface area contributed by atoms with Crippen molar-refractivity contribution in [3.8, 4) is 16.9 Å². The predicted octanol–water partition coefficient (Wildman–Crippen LogP) is 4.37. The molecule has 2 aliphatic heterocycles. The Morgan fingerprint density at radius 1 is 0.854 bits per heavy atom. The number of halogens is 1. The molecule has 48 heavy (non-hydrogen) atoms. The number of anilines is 1. The lowest BCUT2D eigenvalue weighted by Crippen LogP contribution is -2.55. The van der Waals surface area contributed by atoms with Gasteiger partial charge in [0.05, 0.1) is 24.8 Å². The monoisotopic (exact) mass is 674 g/mol. The Hall–Kier alpha value is -3.94. The van der Waals surface area contributed by atoms with Gasteiger partial charge in [-0.3, -0.25) is 0 Å². The van der Waals surface area contributed by atoms with E-state index in [4.69, 9.17) is 17.0 Å². The number of para-hydroxylation sites is 1. The van der Waals surface area contributed by atoms with Crippen molar-refractivity contribution in [3.63, 3.8) is 0 Å². The van der Waals surface area contributed by atoms with Crippen molar-refractivity contribution in [2.75, 3.05) is 18.6 Å². The molecule has 6 N–H and O–H groups in total. The van der Waals surface area contributed by atoms with Crippen LogP contribution < -0.4 is 4.90 Å². The van der Waals surface area contributed by atoms with Gasteiger partial charge in [-0.1, -0.05) is 66.7 Å². The van der Waals surface area contributed by atoms with Crippen LogP contribution in [0.25, 0.3) is 11.1 Å². The van der Waals surface area contributed by atoms with Gasteiger partial charge in [0.15, 0.2) is 5.11 Å². The molecule has 252 valence electrons. The number of phenols is 1. The molecule has 4 aromatic rings. The molecule has 4 aromatic carbocycles. The number of likely N-dealkylation sites (N-methyl/N-ethyl adjacent to an activating group) is 1. The molecule has 2 heterocycles. The summed E-state index contributed by atoms with van der Waals surface area (Å²) in [6, 6.07) is 27.5. The fourth-order valence-electron chi connectivity index (χ4n) is 6.77. The fourth-order valence-corrected chi connectivity index (χ4v) is 7.12. The Morgan fingerprint density at radius 2 is 1.52 bits per heavy atom. The van der Waals surface area contributed by atoms with Gasteiger partial charge < -0.3 is 45.2 Å². The highest BCUT2D eigenvalue weighted by molar-refractivity contribution is 7.80. The van der Waals surface area contributed by atoms with Crippen LogP contribution in [-0.2, 0) is 4.74 Å². The second-order valence-corrected chi connectivity index (χ2v) is 12.8. The Morgan fingerprint density at radius 3 is 2.17 bits per heavy atom. The quantitative estimate of drug-likeness (QED) is 0.142. The maximum atomic E-state index is 13.5. The summed E-state index contributed by atoms with van der Waals surface area (Å²) < 4.78 is 19.2. The van der Waals surface area contributed by atoms with E-state index in [0.29, 0.717) is 34.6 Å². The lowest BCUT2D eigenvalue weighted by molar-refractivity contribution is -0.231. The minimum Gasteiger partial charge on any atom is -0.508 e. The SMILES string of the molecule is CN1C(=S)N(c2ccccc2)C(c2ccc(-c3ccc(C4OC(CO)C(O)C(O)C4O)cc3)cc2O)C1CCC(O)c1ccc(F)cc1. The van der Waals surface area contributed by atoms with Gasteiger partial charge in [-0.2, -0.15) is 0 Å². The van der Waals surface area contributed by atoms with Gasteiger partial charge in [-0.25, -0.2) is 4.39 Å². The van der Waals surface area contributed by atoms with Crippen LogP contribution in [0.4, 0.5) is 10.1 Å².